The lowest BCUT2D eigenvalue weighted by Gasteiger charge is -2.12. The van der Waals surface area contributed by atoms with E-state index in [9.17, 15) is 4.79 Å². The Morgan fingerprint density at radius 2 is 2.16 bits per heavy atom. The molecule has 1 amide bonds. The van der Waals surface area contributed by atoms with Gasteiger partial charge in [-0.2, -0.15) is 5.10 Å². The molecule has 0 spiro atoms. The first kappa shape index (κ1) is 13.3. The second-order valence-corrected chi connectivity index (χ2v) is 4.08. The Morgan fingerprint density at radius 1 is 1.42 bits per heavy atom. The molecule has 0 aliphatic heterocycles. The van der Waals surface area contributed by atoms with E-state index in [0.29, 0.717) is 6.61 Å². The molecule has 2 aromatic rings. The lowest BCUT2D eigenvalue weighted by molar-refractivity contribution is -0.126. The Morgan fingerprint density at radius 3 is 2.74 bits per heavy atom. The standard InChI is InChI=1S/C14H17N3O2/c1-3-19-11(2)14(18)16-12-5-7-13(8-6-12)17-10-4-9-15-17/h4-11H,3H2,1-2H3,(H,16,18). The van der Waals surface area contributed by atoms with E-state index in [1.165, 1.54) is 0 Å². The first-order valence-electron chi connectivity index (χ1n) is 6.23. The Balaban J connectivity index is 2.01. The van der Waals surface area contributed by atoms with Crippen LogP contribution in [0.25, 0.3) is 5.69 Å². The van der Waals surface area contributed by atoms with Gasteiger partial charge in [0.05, 0.1) is 5.69 Å². The summed E-state index contributed by atoms with van der Waals surface area (Å²) >= 11 is 0. The van der Waals surface area contributed by atoms with Gasteiger partial charge in [0.25, 0.3) is 5.91 Å². The highest BCUT2D eigenvalue weighted by Gasteiger charge is 2.12. The van der Waals surface area contributed by atoms with Gasteiger partial charge in [-0.05, 0) is 44.2 Å². The summed E-state index contributed by atoms with van der Waals surface area (Å²) in [5.41, 5.74) is 1.69. The van der Waals surface area contributed by atoms with Crippen LogP contribution in [-0.2, 0) is 9.53 Å². The maximum atomic E-state index is 11.8. The minimum atomic E-state index is -0.448. The molecule has 19 heavy (non-hydrogen) atoms. The van der Waals surface area contributed by atoms with E-state index >= 15 is 0 Å². The van der Waals surface area contributed by atoms with Gasteiger partial charge in [0.15, 0.2) is 0 Å². The van der Waals surface area contributed by atoms with Crippen molar-refractivity contribution >= 4 is 11.6 Å². The third-order valence-electron chi connectivity index (χ3n) is 2.69. The molecule has 5 nitrogen and oxygen atoms in total. The van der Waals surface area contributed by atoms with Gasteiger partial charge in [-0.3, -0.25) is 4.79 Å². The Bertz CT molecular complexity index is 520. The number of benzene rings is 1. The molecule has 1 unspecified atom stereocenters. The highest BCUT2D eigenvalue weighted by atomic mass is 16.5. The van der Waals surface area contributed by atoms with E-state index in [1.807, 2.05) is 43.5 Å². The Hall–Kier alpha value is -2.14. The summed E-state index contributed by atoms with van der Waals surface area (Å²) in [4.78, 5) is 11.8. The fraction of sp³-hybridized carbons (Fsp3) is 0.286. The number of carbonyl (C=O) groups excluding carboxylic acids is 1. The molecule has 0 radical (unpaired) electrons. The molecular formula is C14H17N3O2. The van der Waals surface area contributed by atoms with Gasteiger partial charge >= 0.3 is 0 Å². The second kappa shape index (κ2) is 6.15. The molecule has 1 N–H and O–H groups in total. The third kappa shape index (κ3) is 3.42. The van der Waals surface area contributed by atoms with Gasteiger partial charge in [0.2, 0.25) is 0 Å². The van der Waals surface area contributed by atoms with Crippen LogP contribution in [0.3, 0.4) is 0 Å². The molecular weight excluding hydrogens is 242 g/mol. The van der Waals surface area contributed by atoms with Crippen LogP contribution in [0, 0.1) is 0 Å². The number of amides is 1. The van der Waals surface area contributed by atoms with Gasteiger partial charge in [-0.25, -0.2) is 4.68 Å². The lowest BCUT2D eigenvalue weighted by atomic mass is 10.2. The van der Waals surface area contributed by atoms with Crippen molar-refractivity contribution < 1.29 is 9.53 Å². The van der Waals surface area contributed by atoms with Crippen molar-refractivity contribution in [1.82, 2.24) is 9.78 Å². The minimum Gasteiger partial charge on any atom is -0.369 e. The first-order valence-corrected chi connectivity index (χ1v) is 6.23. The van der Waals surface area contributed by atoms with E-state index in [1.54, 1.807) is 17.8 Å². The van der Waals surface area contributed by atoms with E-state index < -0.39 is 6.10 Å². The van der Waals surface area contributed by atoms with E-state index in [0.717, 1.165) is 11.4 Å². The van der Waals surface area contributed by atoms with Crippen LogP contribution in [-0.4, -0.2) is 28.4 Å². The van der Waals surface area contributed by atoms with Crippen LogP contribution >= 0.6 is 0 Å². The summed E-state index contributed by atoms with van der Waals surface area (Å²) in [5, 5.41) is 6.94. The van der Waals surface area contributed by atoms with Crippen molar-refractivity contribution in [2.75, 3.05) is 11.9 Å². The summed E-state index contributed by atoms with van der Waals surface area (Å²) < 4.78 is 6.99. The summed E-state index contributed by atoms with van der Waals surface area (Å²) in [6, 6.07) is 9.34. The number of ether oxygens (including phenoxy) is 1. The van der Waals surface area contributed by atoms with Crippen molar-refractivity contribution in [3.63, 3.8) is 0 Å². The molecule has 5 heteroatoms. The van der Waals surface area contributed by atoms with Gasteiger partial charge < -0.3 is 10.1 Å². The molecule has 0 aliphatic rings. The Kier molecular flexibility index (Phi) is 4.30. The predicted octanol–water partition coefficient (Wildman–Crippen LogP) is 2.24. The van der Waals surface area contributed by atoms with Crippen LogP contribution in [0.4, 0.5) is 5.69 Å². The molecule has 1 heterocycles. The average molecular weight is 259 g/mol. The number of nitrogens with zero attached hydrogens (tertiary/aromatic N) is 2. The van der Waals surface area contributed by atoms with Crippen LogP contribution in [0.2, 0.25) is 0 Å². The summed E-state index contributed by atoms with van der Waals surface area (Å²) in [5.74, 6) is -0.145. The molecule has 1 atom stereocenters. The van der Waals surface area contributed by atoms with Gasteiger partial charge in [-0.1, -0.05) is 0 Å². The smallest absolute Gasteiger partial charge is 0.253 e. The average Bonchev–Trinajstić information content (AvgIpc) is 2.94. The topological polar surface area (TPSA) is 56.1 Å². The van der Waals surface area contributed by atoms with Crippen LogP contribution in [0.15, 0.2) is 42.7 Å². The lowest BCUT2D eigenvalue weighted by Crippen LogP contribution is -2.27. The highest BCUT2D eigenvalue weighted by Crippen LogP contribution is 2.13. The molecule has 0 bridgehead atoms. The molecule has 1 aromatic carbocycles. The zero-order chi connectivity index (χ0) is 13.7. The number of anilines is 1. The minimum absolute atomic E-state index is 0.145. The molecule has 0 aliphatic carbocycles. The molecule has 0 saturated carbocycles. The normalized spacial score (nSPS) is 12.1. The molecule has 2 rings (SSSR count). The summed E-state index contributed by atoms with van der Waals surface area (Å²) in [6.07, 6.45) is 3.14. The number of rotatable bonds is 5. The van der Waals surface area contributed by atoms with Crippen molar-refractivity contribution in [2.45, 2.75) is 20.0 Å². The molecule has 100 valence electrons. The quantitative estimate of drug-likeness (QED) is 0.895. The van der Waals surface area contributed by atoms with Crippen LogP contribution < -0.4 is 5.32 Å². The SMILES string of the molecule is CCOC(C)C(=O)Nc1ccc(-n2cccn2)cc1. The van der Waals surface area contributed by atoms with Crippen molar-refractivity contribution in [3.8, 4) is 5.69 Å². The van der Waals surface area contributed by atoms with E-state index in [2.05, 4.69) is 10.4 Å². The van der Waals surface area contributed by atoms with Crippen molar-refractivity contribution in [2.24, 2.45) is 0 Å². The predicted molar refractivity (Wildman–Crippen MR) is 73.3 cm³/mol. The Labute approximate surface area is 112 Å². The van der Waals surface area contributed by atoms with E-state index in [4.69, 9.17) is 4.74 Å². The van der Waals surface area contributed by atoms with Crippen LogP contribution in [0.1, 0.15) is 13.8 Å². The van der Waals surface area contributed by atoms with Crippen LogP contribution in [0.5, 0.6) is 0 Å². The fourth-order valence-electron chi connectivity index (χ4n) is 1.69. The zero-order valence-corrected chi connectivity index (χ0v) is 11.0. The number of carbonyl (C=O) groups is 1. The zero-order valence-electron chi connectivity index (χ0n) is 11.0. The second-order valence-electron chi connectivity index (χ2n) is 4.08. The molecule has 1 aromatic heterocycles. The monoisotopic (exact) mass is 259 g/mol. The number of hydrogen-bond donors (Lipinski definition) is 1. The van der Waals surface area contributed by atoms with Crippen molar-refractivity contribution in [1.29, 1.82) is 0 Å². The third-order valence-corrected chi connectivity index (χ3v) is 2.69. The maximum absolute atomic E-state index is 11.8. The maximum Gasteiger partial charge on any atom is 0.253 e. The number of nitrogens with one attached hydrogen (secondary N) is 1. The highest BCUT2D eigenvalue weighted by molar-refractivity contribution is 5.93. The molecule has 0 fully saturated rings. The fourth-order valence-corrected chi connectivity index (χ4v) is 1.69. The summed E-state index contributed by atoms with van der Waals surface area (Å²) in [6.45, 7) is 4.12. The first-order chi connectivity index (χ1) is 9.20. The molecule has 0 saturated heterocycles. The number of hydrogen-bond acceptors (Lipinski definition) is 3. The van der Waals surface area contributed by atoms with Gasteiger partial charge in [-0.15, -0.1) is 0 Å². The van der Waals surface area contributed by atoms with Crippen molar-refractivity contribution in [3.05, 3.63) is 42.7 Å². The largest absolute Gasteiger partial charge is 0.369 e. The number of aromatic nitrogens is 2. The van der Waals surface area contributed by atoms with Gasteiger partial charge in [0, 0.05) is 24.7 Å². The van der Waals surface area contributed by atoms with Gasteiger partial charge in [0.1, 0.15) is 6.10 Å². The summed E-state index contributed by atoms with van der Waals surface area (Å²) in [7, 11) is 0. The van der Waals surface area contributed by atoms with E-state index in [-0.39, 0.29) is 5.91 Å².